The van der Waals surface area contributed by atoms with Crippen molar-refractivity contribution in [2.24, 2.45) is 23.7 Å². The molecule has 6 nitrogen and oxygen atoms in total. The fourth-order valence-electron chi connectivity index (χ4n) is 3.63. The molecule has 1 aromatic carbocycles. The van der Waals surface area contributed by atoms with Crippen molar-refractivity contribution in [1.29, 1.82) is 0 Å². The molecule has 170 valence electrons. The van der Waals surface area contributed by atoms with E-state index in [1.165, 1.54) is 0 Å². The number of carboxylic acids is 3. The van der Waals surface area contributed by atoms with E-state index in [9.17, 15) is 24.6 Å². The summed E-state index contributed by atoms with van der Waals surface area (Å²) >= 11 is 5.28. The molecule has 0 aliphatic heterocycles. The Morgan fingerprint density at radius 2 is 1.09 bits per heavy atom. The van der Waals surface area contributed by atoms with Gasteiger partial charge in [-0.1, -0.05) is 76.7 Å². The average Bonchev–Trinajstić information content (AvgIpc) is 2.74. The molecule has 4 unspecified atom stereocenters. The number of hydrogen-bond acceptors (Lipinski definition) is 3. The van der Waals surface area contributed by atoms with Gasteiger partial charge in [0.15, 0.2) is 0 Å². The quantitative estimate of drug-likeness (QED) is 0.304. The summed E-state index contributed by atoms with van der Waals surface area (Å²) in [5, 5.41) is 27.3. The predicted molar refractivity (Wildman–Crippen MR) is 136 cm³/mol. The van der Waals surface area contributed by atoms with E-state index < -0.39 is 17.9 Å². The van der Waals surface area contributed by atoms with Crippen LogP contribution in [0.3, 0.4) is 0 Å². The first-order valence-electron chi connectivity index (χ1n) is 9.96. The number of carbonyl (C=O) groups is 3. The first kappa shape index (κ1) is 24.9. The normalized spacial score (nSPS) is 25.6. The number of benzene rings is 1. The lowest BCUT2D eigenvalue weighted by molar-refractivity contribution is -0.134. The second-order valence-corrected chi connectivity index (χ2v) is 9.72. The summed E-state index contributed by atoms with van der Waals surface area (Å²) in [7, 11) is 0. The van der Waals surface area contributed by atoms with E-state index in [1.54, 1.807) is 36.4 Å². The van der Waals surface area contributed by atoms with Gasteiger partial charge in [-0.3, -0.25) is 0 Å². The van der Waals surface area contributed by atoms with E-state index in [0.29, 0.717) is 16.7 Å². The van der Waals surface area contributed by atoms with Crippen LogP contribution in [0, 0.1) is 27.2 Å². The topological polar surface area (TPSA) is 112 Å². The Bertz CT molecular complexity index is 1080. The maximum absolute atomic E-state index is 11.4. The highest BCUT2D eigenvalue weighted by Gasteiger charge is 2.24. The van der Waals surface area contributed by atoms with Gasteiger partial charge in [-0.05, 0) is 40.8 Å². The number of hydrogen-bond donors (Lipinski definition) is 3. The number of rotatable bonds is 3. The van der Waals surface area contributed by atoms with Gasteiger partial charge >= 0.3 is 17.9 Å². The molecule has 0 fully saturated rings. The molecule has 8 heteroatoms. The summed E-state index contributed by atoms with van der Waals surface area (Å²) in [5.74, 6) is -3.60. The van der Waals surface area contributed by atoms with Gasteiger partial charge in [0.1, 0.15) is 0 Å². The molecule has 7 rings (SSSR count). The molecule has 33 heavy (non-hydrogen) atoms. The first-order chi connectivity index (χ1) is 15.6. The third kappa shape index (κ3) is 6.64. The van der Waals surface area contributed by atoms with Crippen LogP contribution in [-0.4, -0.2) is 33.2 Å². The lowest BCUT2D eigenvalue weighted by Crippen LogP contribution is -2.17. The SMILES string of the molecule is O=C(O)C1=CC2C=CC3C=CC(/C=C\C1C=C2)C(C(=O)O)=C3.O=C(O)c1cc(Br)cc(I)c1. The lowest BCUT2D eigenvalue weighted by Gasteiger charge is -2.22. The monoisotopic (exact) mass is 622 g/mol. The minimum absolute atomic E-state index is 0.0806. The molecule has 0 saturated heterocycles. The highest BCUT2D eigenvalue weighted by molar-refractivity contribution is 14.1. The van der Waals surface area contributed by atoms with Gasteiger partial charge in [0.2, 0.25) is 0 Å². The molecule has 0 aromatic heterocycles. The van der Waals surface area contributed by atoms with E-state index >= 15 is 0 Å². The Kier molecular flexibility index (Phi) is 8.25. The van der Waals surface area contributed by atoms with Crippen molar-refractivity contribution in [2.75, 3.05) is 0 Å². The Morgan fingerprint density at radius 1 is 0.667 bits per heavy atom. The fourth-order valence-corrected chi connectivity index (χ4v) is 5.22. The van der Waals surface area contributed by atoms with Crippen LogP contribution in [0.25, 0.3) is 0 Å². The molecular weight excluding hydrogens is 603 g/mol. The van der Waals surface area contributed by atoms with Crippen molar-refractivity contribution in [1.82, 2.24) is 0 Å². The molecule has 0 saturated carbocycles. The van der Waals surface area contributed by atoms with Gasteiger partial charge < -0.3 is 15.3 Å². The molecule has 1 aromatic rings. The van der Waals surface area contributed by atoms with Crippen molar-refractivity contribution >= 4 is 56.4 Å². The van der Waals surface area contributed by atoms with Gasteiger partial charge in [-0.25, -0.2) is 14.4 Å². The second kappa shape index (κ2) is 10.9. The Balaban J connectivity index is 0.000000235. The summed E-state index contributed by atoms with van der Waals surface area (Å²) in [4.78, 5) is 33.3. The van der Waals surface area contributed by atoms with Crippen molar-refractivity contribution in [3.05, 3.63) is 104 Å². The molecule has 0 radical (unpaired) electrons. The van der Waals surface area contributed by atoms with Crippen LogP contribution in [0.5, 0.6) is 0 Å². The zero-order valence-electron chi connectivity index (χ0n) is 17.1. The van der Waals surface area contributed by atoms with Gasteiger partial charge in [0.25, 0.3) is 0 Å². The van der Waals surface area contributed by atoms with E-state index in [0.717, 1.165) is 8.04 Å². The second-order valence-electron chi connectivity index (χ2n) is 7.56. The highest BCUT2D eigenvalue weighted by Crippen LogP contribution is 2.30. The third-order valence-corrected chi connectivity index (χ3v) is 6.31. The Morgan fingerprint density at radius 3 is 1.48 bits per heavy atom. The summed E-state index contributed by atoms with van der Waals surface area (Å²) in [6.07, 6.45) is 18.5. The minimum atomic E-state index is -0.941. The van der Waals surface area contributed by atoms with Gasteiger partial charge in [0.05, 0.1) is 5.56 Å². The molecule has 6 aliphatic carbocycles. The maximum atomic E-state index is 11.4. The molecule has 0 amide bonds. The van der Waals surface area contributed by atoms with Crippen molar-refractivity contribution in [2.45, 2.75) is 0 Å². The van der Waals surface area contributed by atoms with E-state index in [-0.39, 0.29) is 23.7 Å². The number of halogens is 2. The largest absolute Gasteiger partial charge is 0.478 e. The van der Waals surface area contributed by atoms with E-state index in [4.69, 9.17) is 5.11 Å². The molecule has 0 heterocycles. The lowest BCUT2D eigenvalue weighted by atomic mass is 9.82. The fraction of sp³-hybridized carbons (Fsp3) is 0.160. The van der Waals surface area contributed by atoms with Crippen LogP contribution >= 0.6 is 38.5 Å². The molecule has 6 aliphatic rings. The van der Waals surface area contributed by atoms with Crippen molar-refractivity contribution in [3.63, 3.8) is 0 Å². The van der Waals surface area contributed by atoms with Gasteiger partial charge in [-0.15, -0.1) is 0 Å². The van der Waals surface area contributed by atoms with Crippen LogP contribution in [0.2, 0.25) is 0 Å². The number of aromatic carboxylic acids is 1. The van der Waals surface area contributed by atoms with Crippen molar-refractivity contribution in [3.8, 4) is 0 Å². The number of allylic oxidation sites excluding steroid dienone is 10. The van der Waals surface area contributed by atoms with Crippen molar-refractivity contribution < 1.29 is 29.7 Å². The van der Waals surface area contributed by atoms with Crippen LogP contribution < -0.4 is 0 Å². The van der Waals surface area contributed by atoms with Gasteiger partial charge in [0, 0.05) is 42.9 Å². The van der Waals surface area contributed by atoms with E-state index in [2.05, 4.69) is 38.5 Å². The zero-order chi connectivity index (χ0) is 24.1. The summed E-state index contributed by atoms with van der Waals surface area (Å²) in [6.45, 7) is 0. The van der Waals surface area contributed by atoms with Crippen LogP contribution in [0.4, 0.5) is 0 Å². The highest BCUT2D eigenvalue weighted by atomic mass is 127. The Hall–Kier alpha value is -2.72. The minimum Gasteiger partial charge on any atom is -0.478 e. The van der Waals surface area contributed by atoms with Crippen LogP contribution in [0.1, 0.15) is 10.4 Å². The molecule has 4 bridgehead atoms. The molecular formula is C25H20BrIO6. The summed E-state index contributed by atoms with van der Waals surface area (Å²) < 4.78 is 1.70. The molecule has 4 atom stereocenters. The third-order valence-electron chi connectivity index (χ3n) is 5.23. The van der Waals surface area contributed by atoms with E-state index in [1.807, 2.05) is 42.5 Å². The zero-order valence-corrected chi connectivity index (χ0v) is 20.9. The van der Waals surface area contributed by atoms with Gasteiger partial charge in [-0.2, -0.15) is 0 Å². The Labute approximate surface area is 212 Å². The standard InChI is InChI=1S/C18H16O4.C7H4BrIO2/c19-17(20)15-9-11-1-2-12-4-6-14(16(10-12)18(21)22)8-7-13(15)5-3-11;8-5-1-4(7(10)11)2-6(9)3-5/h1-14H,(H,19,20)(H,21,22);1-3H,(H,10,11)/b2-1?,8-7-;. The maximum Gasteiger partial charge on any atom is 0.335 e. The number of aliphatic carboxylic acids is 2. The molecule has 3 N–H and O–H groups in total. The summed E-state index contributed by atoms with van der Waals surface area (Å²) in [6, 6.07) is 5.05. The number of carboxylic acid groups (broad SMARTS) is 3. The van der Waals surface area contributed by atoms with Crippen LogP contribution in [0.15, 0.2) is 94.6 Å². The predicted octanol–water partition coefficient (Wildman–Crippen LogP) is 5.49. The van der Waals surface area contributed by atoms with Crippen LogP contribution in [-0.2, 0) is 9.59 Å². The average molecular weight is 623 g/mol. The smallest absolute Gasteiger partial charge is 0.335 e. The first-order valence-corrected chi connectivity index (χ1v) is 11.8. The molecule has 0 spiro atoms. The summed E-state index contributed by atoms with van der Waals surface area (Å²) in [5.41, 5.74) is 0.966.